The van der Waals surface area contributed by atoms with E-state index < -0.39 is 12.0 Å². The van der Waals surface area contributed by atoms with Crippen LogP contribution in [0.15, 0.2) is 0 Å². The molecular formula is C12H22N2O3. The highest BCUT2D eigenvalue weighted by Gasteiger charge is 2.24. The molecule has 0 aromatic carbocycles. The van der Waals surface area contributed by atoms with Crippen molar-refractivity contribution in [1.82, 2.24) is 10.6 Å². The minimum absolute atomic E-state index is 0.216. The Morgan fingerprint density at radius 1 is 1.29 bits per heavy atom. The molecule has 0 radical (unpaired) electrons. The molecule has 2 N–H and O–H groups in total. The Balaban J connectivity index is 2.35. The average molecular weight is 242 g/mol. The zero-order valence-corrected chi connectivity index (χ0v) is 10.8. The Bertz CT molecular complexity index is 281. The molecule has 17 heavy (non-hydrogen) atoms. The first-order chi connectivity index (χ1) is 8.04. The largest absolute Gasteiger partial charge is 0.467 e. The van der Waals surface area contributed by atoms with Crippen LogP contribution in [0.25, 0.3) is 0 Å². The molecule has 0 spiro atoms. The van der Waals surface area contributed by atoms with Crippen molar-refractivity contribution in [2.45, 2.75) is 51.6 Å². The van der Waals surface area contributed by atoms with Gasteiger partial charge in [-0.2, -0.15) is 0 Å². The molecule has 0 unspecified atom stereocenters. The molecule has 0 saturated heterocycles. The molecule has 5 heteroatoms. The van der Waals surface area contributed by atoms with Crippen molar-refractivity contribution in [3.63, 3.8) is 0 Å². The van der Waals surface area contributed by atoms with Crippen LogP contribution in [0.5, 0.6) is 0 Å². The van der Waals surface area contributed by atoms with Crippen molar-refractivity contribution in [2.75, 3.05) is 7.11 Å². The van der Waals surface area contributed by atoms with Gasteiger partial charge < -0.3 is 15.4 Å². The van der Waals surface area contributed by atoms with Gasteiger partial charge in [-0.25, -0.2) is 9.59 Å². The van der Waals surface area contributed by atoms with E-state index in [1.54, 1.807) is 6.92 Å². The molecule has 1 saturated carbocycles. The number of methoxy groups -OCH3 is 1. The van der Waals surface area contributed by atoms with E-state index in [2.05, 4.69) is 22.3 Å². The third-order valence-electron chi connectivity index (χ3n) is 3.33. The zero-order valence-electron chi connectivity index (χ0n) is 10.8. The van der Waals surface area contributed by atoms with Gasteiger partial charge in [0.15, 0.2) is 0 Å². The van der Waals surface area contributed by atoms with Crippen molar-refractivity contribution < 1.29 is 14.3 Å². The van der Waals surface area contributed by atoms with E-state index in [1.165, 1.54) is 13.5 Å². The number of carbonyl (C=O) groups excluding carboxylic acids is 2. The average Bonchev–Trinajstić information content (AvgIpc) is 2.31. The van der Waals surface area contributed by atoms with Crippen LogP contribution in [0.4, 0.5) is 4.79 Å². The van der Waals surface area contributed by atoms with Gasteiger partial charge in [-0.15, -0.1) is 0 Å². The van der Waals surface area contributed by atoms with Crippen LogP contribution in [-0.2, 0) is 9.53 Å². The van der Waals surface area contributed by atoms with E-state index in [0.717, 1.165) is 19.3 Å². The molecule has 1 fully saturated rings. The highest BCUT2D eigenvalue weighted by molar-refractivity contribution is 5.83. The Morgan fingerprint density at radius 3 is 2.53 bits per heavy atom. The lowest BCUT2D eigenvalue weighted by molar-refractivity contribution is -0.142. The summed E-state index contributed by atoms with van der Waals surface area (Å²) in [6.45, 7) is 3.75. The highest BCUT2D eigenvalue weighted by Crippen LogP contribution is 2.23. The number of carbonyl (C=O) groups is 2. The zero-order chi connectivity index (χ0) is 12.8. The molecule has 1 aliphatic carbocycles. The van der Waals surface area contributed by atoms with Crippen LogP contribution in [-0.4, -0.2) is 31.2 Å². The number of hydrogen-bond donors (Lipinski definition) is 2. The van der Waals surface area contributed by atoms with Crippen LogP contribution >= 0.6 is 0 Å². The molecular weight excluding hydrogens is 220 g/mol. The lowest BCUT2D eigenvalue weighted by atomic mass is 9.86. The normalized spacial score (nSPS) is 25.8. The van der Waals surface area contributed by atoms with Gasteiger partial charge in [-0.05, 0) is 25.7 Å². The van der Waals surface area contributed by atoms with Crippen LogP contribution in [0.2, 0.25) is 0 Å². The van der Waals surface area contributed by atoms with Crippen LogP contribution in [0.1, 0.15) is 39.5 Å². The number of hydrogen-bond acceptors (Lipinski definition) is 3. The minimum Gasteiger partial charge on any atom is -0.467 e. The smallest absolute Gasteiger partial charge is 0.328 e. The van der Waals surface area contributed by atoms with E-state index >= 15 is 0 Å². The van der Waals surface area contributed by atoms with Crippen molar-refractivity contribution in [3.05, 3.63) is 0 Å². The summed E-state index contributed by atoms with van der Waals surface area (Å²) >= 11 is 0. The van der Waals surface area contributed by atoms with Gasteiger partial charge >= 0.3 is 12.0 Å². The molecule has 0 heterocycles. The van der Waals surface area contributed by atoms with Crippen LogP contribution in [0.3, 0.4) is 0 Å². The summed E-state index contributed by atoms with van der Waals surface area (Å²) in [4.78, 5) is 22.8. The number of urea groups is 1. The highest BCUT2D eigenvalue weighted by atomic mass is 16.5. The molecule has 2 amide bonds. The standard InChI is InChI=1S/C12H22N2O3/c1-8-6-4-5-7-10(8)14-12(16)13-9(2)11(15)17-3/h8-10H,4-7H2,1-3H3,(H2,13,14,16)/t8-,9+,10-/m1/s1. The van der Waals surface area contributed by atoms with Gasteiger partial charge in [-0.3, -0.25) is 0 Å². The van der Waals surface area contributed by atoms with Crippen LogP contribution in [0, 0.1) is 5.92 Å². The maximum absolute atomic E-state index is 11.7. The van der Waals surface area contributed by atoms with Crippen molar-refractivity contribution in [3.8, 4) is 0 Å². The van der Waals surface area contributed by atoms with E-state index in [1.807, 2.05) is 0 Å². The lowest BCUT2D eigenvalue weighted by Crippen LogP contribution is -2.50. The molecule has 0 bridgehead atoms. The fourth-order valence-corrected chi connectivity index (χ4v) is 2.17. The molecule has 1 aliphatic rings. The monoisotopic (exact) mass is 242 g/mol. The van der Waals surface area contributed by atoms with Crippen molar-refractivity contribution in [1.29, 1.82) is 0 Å². The first-order valence-corrected chi connectivity index (χ1v) is 6.19. The Hall–Kier alpha value is -1.26. The molecule has 1 rings (SSSR count). The summed E-state index contributed by atoms with van der Waals surface area (Å²) in [6, 6.07) is -0.686. The number of nitrogens with one attached hydrogen (secondary N) is 2. The summed E-state index contributed by atoms with van der Waals surface area (Å²) < 4.78 is 4.54. The number of ether oxygens (including phenoxy) is 1. The Morgan fingerprint density at radius 2 is 1.94 bits per heavy atom. The van der Waals surface area contributed by atoms with Gasteiger partial charge in [0.05, 0.1) is 7.11 Å². The maximum Gasteiger partial charge on any atom is 0.328 e. The third kappa shape index (κ3) is 4.24. The quantitative estimate of drug-likeness (QED) is 0.736. The number of rotatable bonds is 3. The molecule has 0 aliphatic heterocycles. The van der Waals surface area contributed by atoms with Gasteiger partial charge in [0.2, 0.25) is 0 Å². The third-order valence-corrected chi connectivity index (χ3v) is 3.33. The minimum atomic E-state index is -0.612. The molecule has 3 atom stereocenters. The molecule has 0 aromatic heterocycles. The van der Waals surface area contributed by atoms with Gasteiger partial charge in [0.1, 0.15) is 6.04 Å². The second-order valence-corrected chi connectivity index (χ2v) is 4.73. The van der Waals surface area contributed by atoms with Gasteiger partial charge in [-0.1, -0.05) is 19.8 Å². The summed E-state index contributed by atoms with van der Waals surface area (Å²) in [7, 11) is 1.31. The molecule has 98 valence electrons. The van der Waals surface area contributed by atoms with Gasteiger partial charge in [0, 0.05) is 6.04 Å². The fourth-order valence-electron chi connectivity index (χ4n) is 2.17. The summed E-state index contributed by atoms with van der Waals surface area (Å²) in [5.74, 6) is 0.0692. The summed E-state index contributed by atoms with van der Waals surface area (Å²) in [5.41, 5.74) is 0. The summed E-state index contributed by atoms with van der Waals surface area (Å²) in [5, 5.41) is 5.49. The van der Waals surface area contributed by atoms with Crippen molar-refractivity contribution in [2.24, 2.45) is 5.92 Å². The predicted molar refractivity (Wildman–Crippen MR) is 64.6 cm³/mol. The van der Waals surface area contributed by atoms with Crippen molar-refractivity contribution >= 4 is 12.0 Å². The van der Waals surface area contributed by atoms with Gasteiger partial charge in [0.25, 0.3) is 0 Å². The number of amides is 2. The maximum atomic E-state index is 11.7. The Labute approximate surface area is 102 Å². The van der Waals surface area contributed by atoms with E-state index in [9.17, 15) is 9.59 Å². The molecule has 0 aromatic rings. The Kier molecular flexibility index (Phi) is 5.25. The predicted octanol–water partition coefficient (Wildman–Crippen LogP) is 1.43. The first kappa shape index (κ1) is 13.8. The number of esters is 1. The fraction of sp³-hybridized carbons (Fsp3) is 0.833. The lowest BCUT2D eigenvalue weighted by Gasteiger charge is -2.29. The van der Waals surface area contributed by atoms with E-state index in [-0.39, 0.29) is 12.1 Å². The first-order valence-electron chi connectivity index (χ1n) is 6.19. The second kappa shape index (κ2) is 6.47. The molecule has 5 nitrogen and oxygen atoms in total. The SMILES string of the molecule is COC(=O)[C@H](C)NC(=O)N[C@@H]1CCCC[C@H]1C. The van der Waals surface area contributed by atoms with E-state index in [4.69, 9.17) is 0 Å². The topological polar surface area (TPSA) is 67.4 Å². The van der Waals surface area contributed by atoms with E-state index in [0.29, 0.717) is 5.92 Å². The van der Waals surface area contributed by atoms with Crippen LogP contribution < -0.4 is 10.6 Å². The summed E-state index contributed by atoms with van der Waals surface area (Å²) in [6.07, 6.45) is 4.56. The second-order valence-electron chi connectivity index (χ2n) is 4.73.